The molecule has 0 bridgehead atoms. The number of carbonyl (C=O) groups is 2. The zero-order chi connectivity index (χ0) is 25.9. The Kier molecular flexibility index (Phi) is 7.48. The average Bonchev–Trinajstić information content (AvgIpc) is 2.85. The van der Waals surface area contributed by atoms with Gasteiger partial charge in [-0.2, -0.15) is 0 Å². The SMILES string of the molecule is CC(C)(C)N(CC1CCC(CNC(=O)c2cc(-c3ccc(N)cc3)nc3ccccc23)CC1)C(=O)O. The fourth-order valence-corrected chi connectivity index (χ4v) is 5.01. The Labute approximate surface area is 212 Å². The number of nitrogen functional groups attached to an aromatic ring is 1. The minimum absolute atomic E-state index is 0.0998. The number of benzene rings is 2. The third-order valence-corrected chi connectivity index (χ3v) is 7.17. The fraction of sp³-hybridized carbons (Fsp3) is 0.414. The van der Waals surface area contributed by atoms with Crippen molar-refractivity contribution in [2.24, 2.45) is 11.8 Å². The second-order valence-electron chi connectivity index (χ2n) is 10.9. The van der Waals surface area contributed by atoms with E-state index >= 15 is 0 Å². The topological polar surface area (TPSA) is 109 Å². The molecule has 190 valence electrons. The van der Waals surface area contributed by atoms with Gasteiger partial charge in [-0.3, -0.25) is 4.79 Å². The summed E-state index contributed by atoms with van der Waals surface area (Å²) in [7, 11) is 0. The highest BCUT2D eigenvalue weighted by atomic mass is 16.4. The van der Waals surface area contributed by atoms with Crippen LogP contribution in [-0.2, 0) is 0 Å². The first-order chi connectivity index (χ1) is 17.1. The van der Waals surface area contributed by atoms with E-state index in [0.717, 1.165) is 47.8 Å². The molecule has 1 heterocycles. The number of rotatable bonds is 6. The average molecular weight is 489 g/mol. The molecule has 2 aromatic carbocycles. The second-order valence-corrected chi connectivity index (χ2v) is 10.9. The monoisotopic (exact) mass is 488 g/mol. The number of carbonyl (C=O) groups excluding carboxylic acids is 1. The van der Waals surface area contributed by atoms with Crippen LogP contribution in [0.5, 0.6) is 0 Å². The van der Waals surface area contributed by atoms with E-state index in [1.54, 1.807) is 4.90 Å². The van der Waals surface area contributed by atoms with E-state index in [4.69, 9.17) is 10.7 Å². The third kappa shape index (κ3) is 5.96. The van der Waals surface area contributed by atoms with Crippen molar-refractivity contribution < 1.29 is 14.7 Å². The highest BCUT2D eigenvalue weighted by molar-refractivity contribution is 6.07. The predicted octanol–water partition coefficient (Wildman–Crippen LogP) is 5.80. The molecule has 1 aliphatic carbocycles. The molecule has 0 unspecified atom stereocenters. The van der Waals surface area contributed by atoms with Gasteiger partial charge in [-0.1, -0.05) is 30.3 Å². The van der Waals surface area contributed by atoms with E-state index in [9.17, 15) is 14.7 Å². The number of hydrogen-bond acceptors (Lipinski definition) is 4. The zero-order valence-electron chi connectivity index (χ0n) is 21.3. The van der Waals surface area contributed by atoms with Gasteiger partial charge in [-0.15, -0.1) is 0 Å². The Hall–Kier alpha value is -3.61. The lowest BCUT2D eigenvalue weighted by Gasteiger charge is -2.38. The van der Waals surface area contributed by atoms with Gasteiger partial charge >= 0.3 is 6.09 Å². The minimum Gasteiger partial charge on any atom is -0.465 e. The van der Waals surface area contributed by atoms with Gasteiger partial charge in [0.1, 0.15) is 0 Å². The zero-order valence-corrected chi connectivity index (χ0v) is 21.3. The number of nitrogens with two attached hydrogens (primary N) is 1. The van der Waals surface area contributed by atoms with Gasteiger partial charge in [0.25, 0.3) is 5.91 Å². The van der Waals surface area contributed by atoms with Crippen LogP contribution in [0.3, 0.4) is 0 Å². The van der Waals surface area contributed by atoms with Gasteiger partial charge in [0.2, 0.25) is 0 Å². The number of carboxylic acid groups (broad SMARTS) is 1. The van der Waals surface area contributed by atoms with Crippen LogP contribution in [0.15, 0.2) is 54.6 Å². The molecule has 4 N–H and O–H groups in total. The summed E-state index contributed by atoms with van der Waals surface area (Å²) in [6, 6.07) is 17.0. The summed E-state index contributed by atoms with van der Waals surface area (Å²) in [5.41, 5.74) is 9.15. The maximum atomic E-state index is 13.3. The van der Waals surface area contributed by atoms with Crippen molar-refractivity contribution in [1.29, 1.82) is 0 Å². The molecule has 1 fully saturated rings. The van der Waals surface area contributed by atoms with Gasteiger partial charge in [0, 0.05) is 35.3 Å². The molecule has 0 saturated heterocycles. The molecule has 0 radical (unpaired) electrons. The first-order valence-electron chi connectivity index (χ1n) is 12.7. The van der Waals surface area contributed by atoms with Crippen LogP contribution in [0.1, 0.15) is 56.8 Å². The Bertz CT molecular complexity index is 1230. The number of anilines is 1. The van der Waals surface area contributed by atoms with E-state index < -0.39 is 11.6 Å². The lowest BCUT2D eigenvalue weighted by molar-refractivity contribution is 0.0786. The maximum absolute atomic E-state index is 13.3. The largest absolute Gasteiger partial charge is 0.465 e. The van der Waals surface area contributed by atoms with E-state index in [1.807, 2.05) is 75.4 Å². The Morgan fingerprint density at radius 1 is 1.03 bits per heavy atom. The molecule has 1 aliphatic rings. The molecular weight excluding hydrogens is 452 g/mol. The van der Waals surface area contributed by atoms with Crippen molar-refractivity contribution in [3.05, 3.63) is 60.2 Å². The standard InChI is InChI=1S/C29H36N4O3/c1-29(2,3)33(28(35)36)18-20-10-8-19(9-11-20)17-31-27(34)24-16-26(21-12-14-22(30)15-13-21)32-25-7-5-4-6-23(24)25/h4-7,12-16,19-20H,8-11,17-18,30H2,1-3H3,(H,31,34)(H,35,36). The molecule has 0 atom stereocenters. The molecular formula is C29H36N4O3. The van der Waals surface area contributed by atoms with Crippen LogP contribution in [0.25, 0.3) is 22.2 Å². The highest BCUT2D eigenvalue weighted by Crippen LogP contribution is 2.31. The molecule has 0 aliphatic heterocycles. The van der Waals surface area contributed by atoms with E-state index in [1.165, 1.54) is 0 Å². The first kappa shape index (κ1) is 25.5. The molecule has 3 aromatic rings. The minimum atomic E-state index is -0.861. The van der Waals surface area contributed by atoms with Gasteiger partial charge in [0.05, 0.1) is 16.8 Å². The Balaban J connectivity index is 1.41. The van der Waals surface area contributed by atoms with Gasteiger partial charge in [-0.25, -0.2) is 9.78 Å². The molecule has 36 heavy (non-hydrogen) atoms. The van der Waals surface area contributed by atoms with Crippen molar-refractivity contribution in [3.63, 3.8) is 0 Å². The Morgan fingerprint density at radius 3 is 2.31 bits per heavy atom. The van der Waals surface area contributed by atoms with Gasteiger partial charge in [-0.05, 0) is 82.6 Å². The van der Waals surface area contributed by atoms with E-state index in [0.29, 0.717) is 36.2 Å². The van der Waals surface area contributed by atoms with E-state index in [-0.39, 0.29) is 5.91 Å². The second kappa shape index (κ2) is 10.6. The van der Waals surface area contributed by atoms with Crippen molar-refractivity contribution in [1.82, 2.24) is 15.2 Å². The Morgan fingerprint density at radius 2 is 1.67 bits per heavy atom. The lowest BCUT2D eigenvalue weighted by atomic mass is 9.81. The quantitative estimate of drug-likeness (QED) is 0.380. The molecule has 7 heteroatoms. The van der Waals surface area contributed by atoms with Crippen LogP contribution in [-0.4, -0.2) is 45.6 Å². The maximum Gasteiger partial charge on any atom is 0.407 e. The van der Waals surface area contributed by atoms with E-state index in [2.05, 4.69) is 5.32 Å². The number of aromatic nitrogens is 1. The highest BCUT2D eigenvalue weighted by Gasteiger charge is 2.31. The summed E-state index contributed by atoms with van der Waals surface area (Å²) in [5.74, 6) is 0.652. The van der Waals surface area contributed by atoms with Crippen LogP contribution >= 0.6 is 0 Å². The summed E-state index contributed by atoms with van der Waals surface area (Å²) in [4.78, 5) is 31.3. The lowest BCUT2D eigenvalue weighted by Crippen LogP contribution is -2.47. The molecule has 2 amide bonds. The summed E-state index contributed by atoms with van der Waals surface area (Å²) in [5, 5.41) is 13.6. The number of amides is 2. The van der Waals surface area contributed by atoms with Crippen molar-refractivity contribution in [2.75, 3.05) is 18.8 Å². The summed E-state index contributed by atoms with van der Waals surface area (Å²) in [6.07, 6.45) is 3.05. The first-order valence-corrected chi connectivity index (χ1v) is 12.7. The van der Waals surface area contributed by atoms with Crippen LogP contribution in [0.2, 0.25) is 0 Å². The molecule has 1 aromatic heterocycles. The number of para-hydroxylation sites is 1. The van der Waals surface area contributed by atoms with Crippen molar-refractivity contribution >= 4 is 28.6 Å². The molecule has 1 saturated carbocycles. The summed E-state index contributed by atoms with van der Waals surface area (Å²) < 4.78 is 0. The molecule has 7 nitrogen and oxygen atoms in total. The normalized spacial score (nSPS) is 18.1. The number of fused-ring (bicyclic) bond motifs is 1. The fourth-order valence-electron chi connectivity index (χ4n) is 5.01. The molecule has 4 rings (SSSR count). The van der Waals surface area contributed by atoms with Gasteiger partial charge < -0.3 is 21.1 Å². The number of nitrogens with one attached hydrogen (secondary N) is 1. The van der Waals surface area contributed by atoms with Crippen LogP contribution in [0.4, 0.5) is 10.5 Å². The van der Waals surface area contributed by atoms with Gasteiger partial charge in [0.15, 0.2) is 0 Å². The van der Waals surface area contributed by atoms with Crippen LogP contribution in [0, 0.1) is 11.8 Å². The number of hydrogen-bond donors (Lipinski definition) is 3. The summed E-state index contributed by atoms with van der Waals surface area (Å²) in [6.45, 7) is 6.98. The van der Waals surface area contributed by atoms with Crippen LogP contribution < -0.4 is 11.1 Å². The van der Waals surface area contributed by atoms with Crippen molar-refractivity contribution in [3.8, 4) is 11.3 Å². The smallest absolute Gasteiger partial charge is 0.407 e. The van der Waals surface area contributed by atoms with Crippen molar-refractivity contribution in [2.45, 2.75) is 52.0 Å². The third-order valence-electron chi connectivity index (χ3n) is 7.17. The number of pyridine rings is 1. The summed E-state index contributed by atoms with van der Waals surface area (Å²) >= 11 is 0. The number of nitrogens with zero attached hydrogens (tertiary/aromatic N) is 2. The molecule has 0 spiro atoms. The predicted molar refractivity (Wildman–Crippen MR) is 144 cm³/mol.